The van der Waals surface area contributed by atoms with Gasteiger partial charge in [0.15, 0.2) is 0 Å². The van der Waals surface area contributed by atoms with Gasteiger partial charge in [0, 0.05) is 5.56 Å². The topological polar surface area (TPSA) is 0 Å². The summed E-state index contributed by atoms with van der Waals surface area (Å²) in [6, 6.07) is 10.5. The highest BCUT2D eigenvalue weighted by Gasteiger charge is 2.37. The number of hydrogen-bond acceptors (Lipinski definition) is 0. The van der Waals surface area contributed by atoms with Gasteiger partial charge in [-0.3, -0.25) is 0 Å². The lowest BCUT2D eigenvalue weighted by Gasteiger charge is -2.28. The summed E-state index contributed by atoms with van der Waals surface area (Å²) in [4.78, 5) is 0. The lowest BCUT2D eigenvalue weighted by molar-refractivity contribution is -0.140. The minimum atomic E-state index is -4.75. The second kappa shape index (κ2) is 12.0. The molecular formula is C32H40F4. The van der Waals surface area contributed by atoms with Crippen molar-refractivity contribution in [3.63, 3.8) is 0 Å². The molecule has 0 aliphatic heterocycles. The number of halogens is 4. The van der Waals surface area contributed by atoms with Crippen molar-refractivity contribution in [3.8, 4) is 11.1 Å². The highest BCUT2D eigenvalue weighted by Crippen LogP contribution is 2.41. The van der Waals surface area contributed by atoms with Crippen LogP contribution in [0.25, 0.3) is 17.2 Å². The summed E-state index contributed by atoms with van der Waals surface area (Å²) in [5.74, 6) is 1.12. The maximum Gasteiger partial charge on any atom is 0.419 e. The van der Waals surface area contributed by atoms with Crippen molar-refractivity contribution in [2.45, 2.75) is 96.6 Å². The van der Waals surface area contributed by atoms with Gasteiger partial charge in [0.25, 0.3) is 0 Å². The predicted octanol–water partition coefficient (Wildman–Crippen LogP) is 10.8. The van der Waals surface area contributed by atoms with Crippen LogP contribution in [0.1, 0.15) is 107 Å². The highest BCUT2D eigenvalue weighted by molar-refractivity contribution is 5.69. The van der Waals surface area contributed by atoms with E-state index >= 15 is 4.39 Å². The number of benzene rings is 2. The van der Waals surface area contributed by atoms with E-state index in [1.165, 1.54) is 49.5 Å². The van der Waals surface area contributed by atoms with Crippen LogP contribution in [-0.4, -0.2) is 0 Å². The van der Waals surface area contributed by atoms with Gasteiger partial charge in [-0.15, -0.1) is 0 Å². The van der Waals surface area contributed by atoms with E-state index < -0.39 is 17.6 Å². The van der Waals surface area contributed by atoms with E-state index in [1.807, 2.05) is 18.2 Å². The zero-order valence-corrected chi connectivity index (χ0v) is 21.7. The average molecular weight is 501 g/mol. The van der Waals surface area contributed by atoms with Crippen LogP contribution >= 0.6 is 0 Å². The molecule has 0 amide bonds. The maximum atomic E-state index is 15.4. The highest BCUT2D eigenvalue weighted by atomic mass is 19.4. The molecule has 0 radical (unpaired) electrons. The summed E-state index contributed by atoms with van der Waals surface area (Å²) < 4.78 is 57.4. The number of alkyl halides is 3. The summed E-state index contributed by atoms with van der Waals surface area (Å²) in [7, 11) is 0. The van der Waals surface area contributed by atoms with Crippen molar-refractivity contribution in [2.24, 2.45) is 17.8 Å². The monoisotopic (exact) mass is 500 g/mol. The Morgan fingerprint density at radius 3 is 2.03 bits per heavy atom. The molecule has 2 aliphatic rings. The average Bonchev–Trinajstić information content (AvgIpc) is 2.88. The zero-order chi connectivity index (χ0) is 25.7. The van der Waals surface area contributed by atoms with Gasteiger partial charge in [0.1, 0.15) is 5.82 Å². The van der Waals surface area contributed by atoms with Crippen molar-refractivity contribution >= 4 is 6.08 Å². The third-order valence-electron chi connectivity index (χ3n) is 8.71. The molecule has 0 aromatic heterocycles. The molecule has 2 aromatic carbocycles. The first kappa shape index (κ1) is 26.9. The maximum absolute atomic E-state index is 15.4. The summed E-state index contributed by atoms with van der Waals surface area (Å²) >= 11 is 0. The quantitative estimate of drug-likeness (QED) is 0.332. The van der Waals surface area contributed by atoms with Gasteiger partial charge in [0.05, 0.1) is 5.56 Å². The molecule has 4 heteroatoms. The fourth-order valence-electron chi connectivity index (χ4n) is 6.40. The van der Waals surface area contributed by atoms with Crippen molar-refractivity contribution in [1.82, 2.24) is 0 Å². The van der Waals surface area contributed by atoms with Gasteiger partial charge >= 0.3 is 6.18 Å². The minimum absolute atomic E-state index is 0.0149. The molecule has 36 heavy (non-hydrogen) atoms. The first-order chi connectivity index (χ1) is 17.3. The molecule has 0 N–H and O–H groups in total. The van der Waals surface area contributed by atoms with Crippen molar-refractivity contribution in [1.29, 1.82) is 0 Å². The molecule has 2 aliphatic carbocycles. The Kier molecular flexibility index (Phi) is 8.96. The molecule has 0 unspecified atom stereocenters. The third kappa shape index (κ3) is 6.42. The van der Waals surface area contributed by atoms with E-state index in [4.69, 9.17) is 0 Å². The Morgan fingerprint density at radius 2 is 1.44 bits per heavy atom. The molecule has 4 rings (SSSR count). The number of allylic oxidation sites excluding steroid dienone is 1. The van der Waals surface area contributed by atoms with E-state index in [1.54, 1.807) is 12.1 Å². The molecule has 2 saturated carbocycles. The van der Waals surface area contributed by atoms with Crippen LogP contribution in [0.4, 0.5) is 17.6 Å². The van der Waals surface area contributed by atoms with E-state index in [2.05, 4.69) is 13.8 Å². The molecule has 2 fully saturated rings. The van der Waals surface area contributed by atoms with E-state index in [9.17, 15) is 13.2 Å². The van der Waals surface area contributed by atoms with Gasteiger partial charge in [-0.2, -0.15) is 13.2 Å². The van der Waals surface area contributed by atoms with E-state index in [0.29, 0.717) is 11.5 Å². The van der Waals surface area contributed by atoms with E-state index in [-0.39, 0.29) is 17.0 Å². The second-order valence-corrected chi connectivity index (χ2v) is 11.1. The Morgan fingerprint density at radius 1 is 0.806 bits per heavy atom. The molecule has 0 saturated heterocycles. The first-order valence-corrected chi connectivity index (χ1v) is 14.0. The molecule has 0 bridgehead atoms. The summed E-state index contributed by atoms with van der Waals surface area (Å²) in [6.07, 6.45) is 11.2. The van der Waals surface area contributed by atoms with Crippen LogP contribution in [0.15, 0.2) is 42.5 Å². The number of rotatable bonds is 7. The van der Waals surface area contributed by atoms with Crippen LogP contribution in [0, 0.1) is 23.6 Å². The smallest absolute Gasteiger partial charge is 0.206 e. The predicted molar refractivity (Wildman–Crippen MR) is 141 cm³/mol. The van der Waals surface area contributed by atoms with Gasteiger partial charge in [-0.05, 0) is 91.7 Å². The summed E-state index contributed by atoms with van der Waals surface area (Å²) in [6.45, 7) is 4.42. The van der Waals surface area contributed by atoms with Gasteiger partial charge < -0.3 is 0 Å². The molecular weight excluding hydrogens is 460 g/mol. The SMILES string of the molecule is CCCC1CCC(c2ccc(-c3ccc(/C=C/C4CCC(CC)CC4)c(C(F)(F)F)c3F)cc2)CC1. The third-order valence-corrected chi connectivity index (χ3v) is 8.71. The number of hydrogen-bond donors (Lipinski definition) is 0. The van der Waals surface area contributed by atoms with Crippen LogP contribution in [-0.2, 0) is 6.18 Å². The summed E-state index contributed by atoms with van der Waals surface area (Å²) in [5.41, 5.74) is 0.483. The fourth-order valence-corrected chi connectivity index (χ4v) is 6.40. The van der Waals surface area contributed by atoms with Crippen molar-refractivity contribution < 1.29 is 17.6 Å². The largest absolute Gasteiger partial charge is 0.419 e. The van der Waals surface area contributed by atoms with Crippen LogP contribution in [0.2, 0.25) is 0 Å². The van der Waals surface area contributed by atoms with Crippen LogP contribution in [0.3, 0.4) is 0 Å². The summed E-state index contributed by atoms with van der Waals surface area (Å²) in [5, 5.41) is 0. The minimum Gasteiger partial charge on any atom is -0.206 e. The molecule has 0 atom stereocenters. The molecule has 2 aromatic rings. The fraction of sp³-hybridized carbons (Fsp3) is 0.562. The van der Waals surface area contributed by atoms with Gasteiger partial charge in [-0.1, -0.05) is 81.7 Å². The molecule has 196 valence electrons. The van der Waals surface area contributed by atoms with Crippen LogP contribution < -0.4 is 0 Å². The Bertz CT molecular complexity index is 1000. The van der Waals surface area contributed by atoms with E-state index in [0.717, 1.165) is 56.8 Å². The first-order valence-electron chi connectivity index (χ1n) is 14.0. The van der Waals surface area contributed by atoms with Crippen LogP contribution in [0.5, 0.6) is 0 Å². The Labute approximate surface area is 214 Å². The molecule has 0 spiro atoms. The van der Waals surface area contributed by atoms with Gasteiger partial charge in [0.2, 0.25) is 0 Å². The standard InChI is InChI=1S/C32H40F4/c1-3-5-23-10-13-25(14-11-23)26-16-18-27(19-17-26)29-21-20-28(30(31(29)33)32(34,35)36)15-12-24-8-6-22(4-2)7-9-24/h12,15-25H,3-11,13-14H2,1-2H3/b15-12+. The van der Waals surface area contributed by atoms with Crippen molar-refractivity contribution in [2.75, 3.05) is 0 Å². The van der Waals surface area contributed by atoms with Gasteiger partial charge in [-0.25, -0.2) is 4.39 Å². The van der Waals surface area contributed by atoms with Crippen molar-refractivity contribution in [3.05, 3.63) is 65.0 Å². The lowest BCUT2D eigenvalue weighted by Crippen LogP contribution is -2.13. The lowest BCUT2D eigenvalue weighted by atomic mass is 9.77. The molecule has 0 nitrogen and oxygen atoms in total. The Hall–Kier alpha value is -2.10. The molecule has 0 heterocycles. The Balaban J connectivity index is 1.52. The zero-order valence-electron chi connectivity index (χ0n) is 21.7. The second-order valence-electron chi connectivity index (χ2n) is 11.1. The normalized spacial score (nSPS) is 25.4.